The van der Waals surface area contributed by atoms with Gasteiger partial charge in [-0.2, -0.15) is 0 Å². The number of rotatable bonds is 9. The van der Waals surface area contributed by atoms with E-state index in [2.05, 4.69) is 17.0 Å². The molecule has 0 unspecified atom stereocenters. The smallest absolute Gasteiger partial charge is 0.156 e. The highest BCUT2D eigenvalue weighted by atomic mass is 35.5. The van der Waals surface area contributed by atoms with Gasteiger partial charge in [-0.05, 0) is 24.6 Å². The second kappa shape index (κ2) is 10.8. The predicted molar refractivity (Wildman–Crippen MR) is 112 cm³/mol. The van der Waals surface area contributed by atoms with Gasteiger partial charge in [0.05, 0.1) is 16.7 Å². The number of hydrogen-bond acceptors (Lipinski definition) is 3. The minimum Gasteiger partial charge on any atom is -0.490 e. The molecule has 0 amide bonds. The minimum absolute atomic E-state index is 0.141. The van der Waals surface area contributed by atoms with Gasteiger partial charge in [-0.15, -0.1) is 0 Å². The Morgan fingerprint density at radius 3 is 2.31 bits per heavy atom. The molecule has 0 atom stereocenters. The molecule has 0 saturated heterocycles. The fourth-order valence-electron chi connectivity index (χ4n) is 2.25. The summed E-state index contributed by atoms with van der Waals surface area (Å²) in [7, 11) is 2.04. The number of nitrogens with zero attached hydrogens (tertiary/aromatic N) is 1. The highest BCUT2D eigenvalue weighted by molar-refractivity contribution is 6.55. The van der Waals surface area contributed by atoms with Crippen LogP contribution in [0.4, 0.5) is 5.69 Å². The van der Waals surface area contributed by atoms with Gasteiger partial charge in [-0.1, -0.05) is 64.6 Å². The highest BCUT2D eigenvalue weighted by Crippen LogP contribution is 2.37. The summed E-state index contributed by atoms with van der Waals surface area (Å²) in [5.74, 6) is 0.968. The first-order valence-corrected chi connectivity index (χ1v) is 9.50. The average molecular weight is 435 g/mol. The van der Waals surface area contributed by atoms with E-state index < -0.39 is 0 Å². The molecule has 0 heterocycles. The normalized spacial score (nSPS) is 10.3. The van der Waals surface area contributed by atoms with Crippen LogP contribution in [0.5, 0.6) is 11.5 Å². The maximum Gasteiger partial charge on any atom is 0.156 e. The summed E-state index contributed by atoms with van der Waals surface area (Å²) in [4.78, 5) is 2.17. The zero-order valence-electron chi connectivity index (χ0n) is 14.2. The third-order valence-corrected chi connectivity index (χ3v) is 4.41. The molecule has 140 valence electrons. The molecule has 26 heavy (non-hydrogen) atoms. The quantitative estimate of drug-likeness (QED) is 0.415. The van der Waals surface area contributed by atoms with Crippen LogP contribution in [0.3, 0.4) is 0 Å². The van der Waals surface area contributed by atoms with Crippen LogP contribution in [0, 0.1) is 0 Å². The molecule has 0 fully saturated rings. The molecule has 0 aliphatic rings. The molecule has 3 nitrogen and oxygen atoms in total. The monoisotopic (exact) mass is 433 g/mol. The van der Waals surface area contributed by atoms with Gasteiger partial charge in [-0.3, -0.25) is 0 Å². The Kier molecular flexibility index (Phi) is 8.73. The zero-order chi connectivity index (χ0) is 18.9. The summed E-state index contributed by atoms with van der Waals surface area (Å²) in [6.45, 7) is 1.58. The summed E-state index contributed by atoms with van der Waals surface area (Å²) in [6.07, 6.45) is 2.36. The average Bonchev–Trinajstić information content (AvgIpc) is 2.60. The van der Waals surface area contributed by atoms with E-state index in [0.29, 0.717) is 28.2 Å². The molecule has 2 aromatic carbocycles. The summed E-state index contributed by atoms with van der Waals surface area (Å²) in [5.41, 5.74) is 1.16. The van der Waals surface area contributed by atoms with Crippen LogP contribution in [-0.2, 0) is 0 Å². The van der Waals surface area contributed by atoms with Crippen molar-refractivity contribution >= 4 is 52.1 Å². The summed E-state index contributed by atoms with van der Waals surface area (Å²) in [6, 6.07) is 13.5. The van der Waals surface area contributed by atoms with Crippen molar-refractivity contribution in [3.05, 3.63) is 63.1 Å². The lowest BCUT2D eigenvalue weighted by atomic mass is 10.3. The molecular formula is C19H19Cl4NO2. The molecule has 0 aliphatic heterocycles. The lowest BCUT2D eigenvalue weighted by molar-refractivity contribution is 0.311. The molecule has 0 spiro atoms. The van der Waals surface area contributed by atoms with E-state index in [1.807, 2.05) is 25.2 Å². The minimum atomic E-state index is 0.141. The van der Waals surface area contributed by atoms with Crippen LogP contribution in [0.25, 0.3) is 0 Å². The van der Waals surface area contributed by atoms with Crippen LogP contribution in [0.2, 0.25) is 10.0 Å². The second-order valence-electron chi connectivity index (χ2n) is 5.48. The van der Waals surface area contributed by atoms with Crippen LogP contribution >= 0.6 is 46.4 Å². The fourth-order valence-corrected chi connectivity index (χ4v) is 2.95. The molecule has 0 aliphatic carbocycles. The maximum atomic E-state index is 6.25. The number of benzene rings is 2. The fraction of sp³-hybridized carbons (Fsp3) is 0.263. The molecule has 0 saturated carbocycles. The van der Waals surface area contributed by atoms with Crippen molar-refractivity contribution < 1.29 is 9.47 Å². The van der Waals surface area contributed by atoms with Gasteiger partial charge in [0, 0.05) is 31.4 Å². The summed E-state index contributed by atoms with van der Waals surface area (Å²) < 4.78 is 11.4. The molecule has 0 bridgehead atoms. The van der Waals surface area contributed by atoms with Crippen molar-refractivity contribution in [1.82, 2.24) is 0 Å². The van der Waals surface area contributed by atoms with Crippen molar-refractivity contribution in [2.75, 3.05) is 31.7 Å². The number of para-hydroxylation sites is 1. The predicted octanol–water partition coefficient (Wildman–Crippen LogP) is 6.60. The molecule has 0 radical (unpaired) electrons. The van der Waals surface area contributed by atoms with E-state index in [9.17, 15) is 0 Å². The van der Waals surface area contributed by atoms with Crippen LogP contribution in [0.15, 0.2) is 53.0 Å². The molecule has 7 heteroatoms. The summed E-state index contributed by atoms with van der Waals surface area (Å²) in [5, 5.41) is 0.787. The Morgan fingerprint density at radius 1 is 1.04 bits per heavy atom. The lowest BCUT2D eigenvalue weighted by Crippen LogP contribution is -2.20. The van der Waals surface area contributed by atoms with Gasteiger partial charge < -0.3 is 14.4 Å². The van der Waals surface area contributed by atoms with Crippen molar-refractivity contribution in [2.45, 2.75) is 6.42 Å². The Hall–Kier alpha value is -1.26. The standard InChI is InChI=1S/C19H19Cl4NO2/c1-24(14-6-3-2-4-7-14)9-5-10-26-19-16(20)12-15(13-17(19)21)25-11-8-18(22)23/h2-4,6-8,12-13H,5,9-11H2,1H3. The first kappa shape index (κ1) is 21.0. The largest absolute Gasteiger partial charge is 0.490 e. The van der Waals surface area contributed by atoms with Crippen LogP contribution in [0.1, 0.15) is 6.42 Å². The summed E-state index contributed by atoms with van der Waals surface area (Å²) >= 11 is 23.6. The van der Waals surface area contributed by atoms with E-state index in [4.69, 9.17) is 55.9 Å². The van der Waals surface area contributed by atoms with E-state index in [0.717, 1.165) is 18.7 Å². The molecular weight excluding hydrogens is 416 g/mol. The van der Waals surface area contributed by atoms with Gasteiger partial charge in [0.2, 0.25) is 0 Å². The molecule has 0 aromatic heterocycles. The second-order valence-corrected chi connectivity index (χ2v) is 7.30. The Bertz CT molecular complexity index is 711. The van der Waals surface area contributed by atoms with Crippen LogP contribution < -0.4 is 14.4 Å². The van der Waals surface area contributed by atoms with Crippen molar-refractivity contribution in [1.29, 1.82) is 0 Å². The number of anilines is 1. The molecule has 2 aromatic rings. The van der Waals surface area contributed by atoms with Crippen LogP contribution in [-0.4, -0.2) is 26.8 Å². The third kappa shape index (κ3) is 6.81. The van der Waals surface area contributed by atoms with Crippen molar-refractivity contribution in [3.63, 3.8) is 0 Å². The van der Waals surface area contributed by atoms with E-state index >= 15 is 0 Å². The Labute approximate surface area is 174 Å². The van der Waals surface area contributed by atoms with Gasteiger partial charge >= 0.3 is 0 Å². The topological polar surface area (TPSA) is 21.7 Å². The number of ether oxygens (including phenoxy) is 2. The third-order valence-electron chi connectivity index (χ3n) is 3.54. The van der Waals surface area contributed by atoms with Gasteiger partial charge in [-0.25, -0.2) is 0 Å². The van der Waals surface area contributed by atoms with Crippen molar-refractivity contribution in [3.8, 4) is 11.5 Å². The highest BCUT2D eigenvalue weighted by Gasteiger charge is 2.11. The van der Waals surface area contributed by atoms with E-state index in [-0.39, 0.29) is 11.1 Å². The van der Waals surface area contributed by atoms with E-state index in [1.165, 1.54) is 6.08 Å². The molecule has 0 N–H and O–H groups in total. The SMILES string of the molecule is CN(CCCOc1c(Cl)cc(OCC=C(Cl)Cl)cc1Cl)c1ccccc1. The Morgan fingerprint density at radius 2 is 1.69 bits per heavy atom. The first-order valence-electron chi connectivity index (χ1n) is 7.99. The van der Waals surface area contributed by atoms with E-state index in [1.54, 1.807) is 12.1 Å². The maximum absolute atomic E-state index is 6.25. The van der Waals surface area contributed by atoms with Crippen molar-refractivity contribution in [2.24, 2.45) is 0 Å². The van der Waals surface area contributed by atoms with Gasteiger partial charge in [0.25, 0.3) is 0 Å². The first-order chi connectivity index (χ1) is 12.5. The Balaban J connectivity index is 1.84. The van der Waals surface area contributed by atoms with Gasteiger partial charge in [0.1, 0.15) is 16.8 Å². The number of halogens is 4. The number of hydrogen-bond donors (Lipinski definition) is 0. The molecule has 2 rings (SSSR count). The van der Waals surface area contributed by atoms with Gasteiger partial charge in [0.15, 0.2) is 5.75 Å². The zero-order valence-corrected chi connectivity index (χ0v) is 17.2. The lowest BCUT2D eigenvalue weighted by Gasteiger charge is -2.19.